The number of rotatable bonds is 4. The van der Waals surface area contributed by atoms with Gasteiger partial charge < -0.3 is 15.7 Å². The summed E-state index contributed by atoms with van der Waals surface area (Å²) in [5.41, 5.74) is 4.56. The monoisotopic (exact) mass is 370 g/mol. The van der Waals surface area contributed by atoms with Crippen LogP contribution in [0.5, 0.6) is 0 Å². The van der Waals surface area contributed by atoms with E-state index in [2.05, 4.69) is 10.6 Å². The van der Waals surface area contributed by atoms with Crippen LogP contribution in [0.3, 0.4) is 0 Å². The number of carboxylic acids is 1. The highest BCUT2D eigenvalue weighted by Gasteiger charge is 2.29. The average Bonchev–Trinajstić information content (AvgIpc) is 2.74. The number of carbonyl (C=O) groups excluding carboxylic acids is 1. The van der Waals surface area contributed by atoms with E-state index in [1.165, 1.54) is 0 Å². The van der Waals surface area contributed by atoms with E-state index in [1.807, 2.05) is 60.7 Å². The van der Waals surface area contributed by atoms with E-state index in [0.717, 1.165) is 28.0 Å². The third-order valence-corrected chi connectivity index (χ3v) is 4.71. The SMILES string of the molecule is O=C1NC(c2ccccc2)=C(c2ccccc2)C(c2ccc(C(=O)O)cc2)N1. The normalized spacial score (nSPS) is 16.3. The molecule has 0 aliphatic carbocycles. The number of nitrogens with one attached hydrogen (secondary N) is 2. The highest BCUT2D eigenvalue weighted by atomic mass is 16.4. The zero-order valence-electron chi connectivity index (χ0n) is 14.9. The number of carboxylic acid groups (broad SMARTS) is 1. The highest BCUT2D eigenvalue weighted by Crippen LogP contribution is 2.37. The summed E-state index contributed by atoms with van der Waals surface area (Å²) in [7, 11) is 0. The van der Waals surface area contributed by atoms with Crippen LogP contribution in [0, 0.1) is 0 Å². The maximum Gasteiger partial charge on any atom is 0.335 e. The van der Waals surface area contributed by atoms with Crippen LogP contribution in [0.15, 0.2) is 84.9 Å². The molecule has 0 fully saturated rings. The van der Waals surface area contributed by atoms with Gasteiger partial charge in [0.15, 0.2) is 0 Å². The van der Waals surface area contributed by atoms with Crippen molar-refractivity contribution in [2.45, 2.75) is 6.04 Å². The van der Waals surface area contributed by atoms with Crippen LogP contribution in [0.2, 0.25) is 0 Å². The van der Waals surface area contributed by atoms with Crippen molar-refractivity contribution in [2.75, 3.05) is 0 Å². The maximum atomic E-state index is 12.4. The lowest BCUT2D eigenvalue weighted by Crippen LogP contribution is -2.42. The molecule has 4 rings (SSSR count). The van der Waals surface area contributed by atoms with E-state index in [1.54, 1.807) is 24.3 Å². The predicted octanol–water partition coefficient (Wildman–Crippen LogP) is 4.31. The van der Waals surface area contributed by atoms with Crippen LogP contribution >= 0.6 is 0 Å². The summed E-state index contributed by atoms with van der Waals surface area (Å²) < 4.78 is 0. The van der Waals surface area contributed by atoms with E-state index < -0.39 is 12.0 Å². The zero-order chi connectivity index (χ0) is 19.5. The van der Waals surface area contributed by atoms with Crippen molar-refractivity contribution in [1.29, 1.82) is 0 Å². The minimum Gasteiger partial charge on any atom is -0.478 e. The van der Waals surface area contributed by atoms with Crippen LogP contribution in [-0.4, -0.2) is 17.1 Å². The van der Waals surface area contributed by atoms with Gasteiger partial charge >= 0.3 is 12.0 Å². The summed E-state index contributed by atoms with van der Waals surface area (Å²) in [5, 5.41) is 15.1. The molecule has 1 aliphatic heterocycles. The summed E-state index contributed by atoms with van der Waals surface area (Å²) in [5.74, 6) is -0.982. The average molecular weight is 370 g/mol. The molecule has 28 heavy (non-hydrogen) atoms. The topological polar surface area (TPSA) is 78.4 Å². The second kappa shape index (κ2) is 7.40. The lowest BCUT2D eigenvalue weighted by molar-refractivity contribution is 0.0697. The van der Waals surface area contributed by atoms with Crippen LogP contribution in [-0.2, 0) is 0 Å². The number of aromatic carboxylic acids is 1. The van der Waals surface area contributed by atoms with Crippen LogP contribution < -0.4 is 10.6 Å². The number of carbonyl (C=O) groups is 2. The van der Waals surface area contributed by atoms with Gasteiger partial charge in [0.25, 0.3) is 0 Å². The molecule has 0 saturated heterocycles. The molecule has 2 amide bonds. The largest absolute Gasteiger partial charge is 0.478 e. The first-order valence-corrected chi connectivity index (χ1v) is 8.89. The Bertz CT molecular complexity index is 1040. The van der Waals surface area contributed by atoms with Crippen LogP contribution in [0.4, 0.5) is 4.79 Å². The molecule has 1 atom stereocenters. The lowest BCUT2D eigenvalue weighted by atomic mass is 9.87. The molecule has 0 aromatic heterocycles. The smallest absolute Gasteiger partial charge is 0.335 e. The van der Waals surface area contributed by atoms with Crippen molar-refractivity contribution >= 4 is 23.3 Å². The van der Waals surface area contributed by atoms with Gasteiger partial charge in [0.2, 0.25) is 0 Å². The number of hydrogen-bond acceptors (Lipinski definition) is 2. The van der Waals surface area contributed by atoms with Gasteiger partial charge in [-0.1, -0.05) is 72.8 Å². The first-order valence-electron chi connectivity index (χ1n) is 8.89. The van der Waals surface area contributed by atoms with Crippen molar-refractivity contribution in [3.8, 4) is 0 Å². The van der Waals surface area contributed by atoms with Crippen molar-refractivity contribution in [3.05, 3.63) is 107 Å². The molecule has 1 aliphatic rings. The molecule has 5 nitrogen and oxygen atoms in total. The molecule has 3 aromatic rings. The maximum absolute atomic E-state index is 12.4. The summed E-state index contributed by atoms with van der Waals surface area (Å²) in [4.78, 5) is 23.6. The first kappa shape index (κ1) is 17.5. The van der Waals surface area contributed by atoms with Gasteiger partial charge in [-0.25, -0.2) is 9.59 Å². The van der Waals surface area contributed by atoms with E-state index in [4.69, 9.17) is 5.11 Å². The fourth-order valence-electron chi connectivity index (χ4n) is 3.39. The van der Waals surface area contributed by atoms with Crippen LogP contribution in [0.25, 0.3) is 11.3 Å². The standard InChI is InChI=1S/C23H18N2O3/c26-22(27)18-13-11-17(12-14-18)21-19(15-7-3-1-4-8-15)20(24-23(28)25-21)16-9-5-2-6-10-16/h1-14,21H,(H,26,27)(H2,24,25,28). The fraction of sp³-hybridized carbons (Fsp3) is 0.0435. The van der Waals surface area contributed by atoms with Gasteiger partial charge in [0.1, 0.15) is 0 Å². The number of urea groups is 1. The van der Waals surface area contributed by atoms with E-state index >= 15 is 0 Å². The minimum absolute atomic E-state index is 0.206. The van der Waals surface area contributed by atoms with E-state index in [9.17, 15) is 9.59 Å². The van der Waals surface area contributed by atoms with Crippen molar-refractivity contribution < 1.29 is 14.7 Å². The molecule has 0 saturated carbocycles. The van der Waals surface area contributed by atoms with E-state index in [0.29, 0.717) is 0 Å². The zero-order valence-corrected chi connectivity index (χ0v) is 14.9. The second-order valence-corrected chi connectivity index (χ2v) is 6.48. The number of amides is 2. The summed E-state index contributed by atoms with van der Waals surface area (Å²) in [6, 6.07) is 25.4. The first-order chi connectivity index (χ1) is 13.6. The molecule has 138 valence electrons. The van der Waals surface area contributed by atoms with Gasteiger partial charge in [0.05, 0.1) is 17.3 Å². The third kappa shape index (κ3) is 3.38. The third-order valence-electron chi connectivity index (χ3n) is 4.71. The molecule has 1 heterocycles. The van der Waals surface area contributed by atoms with E-state index in [-0.39, 0.29) is 11.6 Å². The predicted molar refractivity (Wildman–Crippen MR) is 108 cm³/mol. The quantitative estimate of drug-likeness (QED) is 0.640. The molecule has 0 bridgehead atoms. The Morgan fingerprint density at radius 3 is 1.93 bits per heavy atom. The molecule has 0 spiro atoms. The summed E-state index contributed by atoms with van der Waals surface area (Å²) in [6.45, 7) is 0. The summed E-state index contributed by atoms with van der Waals surface area (Å²) >= 11 is 0. The molecule has 3 N–H and O–H groups in total. The van der Waals surface area contributed by atoms with Crippen molar-refractivity contribution in [3.63, 3.8) is 0 Å². The Morgan fingerprint density at radius 1 is 0.786 bits per heavy atom. The van der Waals surface area contributed by atoms with Gasteiger partial charge in [-0.05, 0) is 28.8 Å². The molecule has 0 radical (unpaired) electrons. The molecule has 5 heteroatoms. The highest BCUT2D eigenvalue weighted by molar-refractivity contribution is 6.03. The van der Waals surface area contributed by atoms with Crippen molar-refractivity contribution in [1.82, 2.24) is 10.6 Å². The van der Waals surface area contributed by atoms with Gasteiger partial charge in [-0.2, -0.15) is 0 Å². The fourth-order valence-corrected chi connectivity index (χ4v) is 3.39. The Kier molecular flexibility index (Phi) is 4.64. The number of benzene rings is 3. The van der Waals surface area contributed by atoms with Crippen molar-refractivity contribution in [2.24, 2.45) is 0 Å². The Morgan fingerprint density at radius 2 is 1.36 bits per heavy atom. The van der Waals surface area contributed by atoms with Gasteiger partial charge in [-0.3, -0.25) is 0 Å². The summed E-state index contributed by atoms with van der Waals surface area (Å²) in [6.07, 6.45) is 0. The molecule has 3 aromatic carbocycles. The molecular formula is C23H18N2O3. The Balaban J connectivity index is 1.90. The van der Waals surface area contributed by atoms with Crippen LogP contribution in [0.1, 0.15) is 33.1 Å². The number of hydrogen-bond donors (Lipinski definition) is 3. The minimum atomic E-state index is -0.982. The molecular weight excluding hydrogens is 352 g/mol. The lowest BCUT2D eigenvalue weighted by Gasteiger charge is -2.31. The van der Waals surface area contributed by atoms with Gasteiger partial charge in [-0.15, -0.1) is 0 Å². The Hall–Kier alpha value is -3.86. The second-order valence-electron chi connectivity index (χ2n) is 6.48. The van der Waals surface area contributed by atoms with Gasteiger partial charge in [0, 0.05) is 5.57 Å². The Labute approximate surface area is 162 Å². The molecule has 1 unspecified atom stereocenters.